The Labute approximate surface area is 127 Å². The molecule has 0 atom stereocenters. The third kappa shape index (κ3) is 5.38. The van der Waals surface area contributed by atoms with Gasteiger partial charge in [0.25, 0.3) is 5.91 Å². The summed E-state index contributed by atoms with van der Waals surface area (Å²) < 4.78 is 5.76. The van der Waals surface area contributed by atoms with Crippen LogP contribution in [0.15, 0.2) is 18.2 Å². The standard InChI is InChI=1S/C17H26N2O2/c1-12(2)9-19-16(20)11-21-17-13(3)5-4-6-14(17)10-18-15-7-8-15/h4-6,12,15,18H,7-11H2,1-3H3,(H,19,20). The molecule has 116 valence electrons. The van der Waals surface area contributed by atoms with Crippen molar-refractivity contribution in [1.82, 2.24) is 10.6 Å². The minimum Gasteiger partial charge on any atom is -0.483 e. The molecule has 0 heterocycles. The lowest BCUT2D eigenvalue weighted by Gasteiger charge is -2.15. The van der Waals surface area contributed by atoms with Gasteiger partial charge in [-0.3, -0.25) is 4.79 Å². The van der Waals surface area contributed by atoms with Gasteiger partial charge < -0.3 is 15.4 Å². The molecular formula is C17H26N2O2. The molecule has 0 aliphatic heterocycles. The zero-order chi connectivity index (χ0) is 15.2. The highest BCUT2D eigenvalue weighted by Crippen LogP contribution is 2.25. The molecule has 1 amide bonds. The highest BCUT2D eigenvalue weighted by molar-refractivity contribution is 5.77. The molecule has 4 heteroatoms. The Kier molecular flexibility index (Phi) is 5.62. The average molecular weight is 290 g/mol. The highest BCUT2D eigenvalue weighted by atomic mass is 16.5. The van der Waals surface area contributed by atoms with Crippen molar-refractivity contribution >= 4 is 5.91 Å². The van der Waals surface area contributed by atoms with E-state index in [0.717, 1.165) is 23.4 Å². The van der Waals surface area contributed by atoms with Crippen molar-refractivity contribution in [3.8, 4) is 5.75 Å². The van der Waals surface area contributed by atoms with Crippen LogP contribution in [0.4, 0.5) is 0 Å². The fraction of sp³-hybridized carbons (Fsp3) is 0.588. The minimum absolute atomic E-state index is 0.0620. The second-order valence-electron chi connectivity index (χ2n) is 6.20. The number of amides is 1. The molecule has 1 aromatic rings. The Balaban J connectivity index is 1.89. The summed E-state index contributed by atoms with van der Waals surface area (Å²) in [5, 5.41) is 6.36. The van der Waals surface area contributed by atoms with Crippen molar-refractivity contribution in [2.45, 2.75) is 46.2 Å². The summed E-state index contributed by atoms with van der Waals surface area (Å²) in [4.78, 5) is 11.8. The van der Waals surface area contributed by atoms with Gasteiger partial charge in [-0.15, -0.1) is 0 Å². The number of ether oxygens (including phenoxy) is 1. The molecule has 0 unspecified atom stereocenters. The maximum absolute atomic E-state index is 11.8. The fourth-order valence-electron chi connectivity index (χ4n) is 2.11. The summed E-state index contributed by atoms with van der Waals surface area (Å²) in [6.45, 7) is 7.73. The third-order valence-corrected chi connectivity index (χ3v) is 3.51. The zero-order valence-electron chi connectivity index (χ0n) is 13.2. The fourth-order valence-corrected chi connectivity index (χ4v) is 2.11. The predicted octanol–water partition coefficient (Wildman–Crippen LogP) is 2.40. The van der Waals surface area contributed by atoms with Crippen molar-refractivity contribution in [1.29, 1.82) is 0 Å². The topological polar surface area (TPSA) is 50.4 Å². The summed E-state index contributed by atoms with van der Waals surface area (Å²) in [5.74, 6) is 1.23. The van der Waals surface area contributed by atoms with Gasteiger partial charge in [0.2, 0.25) is 0 Å². The number of aryl methyl sites for hydroxylation is 1. The van der Waals surface area contributed by atoms with E-state index in [1.165, 1.54) is 12.8 Å². The van der Waals surface area contributed by atoms with Crippen molar-refractivity contribution in [3.05, 3.63) is 29.3 Å². The van der Waals surface area contributed by atoms with Gasteiger partial charge in [0.05, 0.1) is 0 Å². The van der Waals surface area contributed by atoms with E-state index >= 15 is 0 Å². The van der Waals surface area contributed by atoms with Gasteiger partial charge in [0.1, 0.15) is 5.75 Å². The van der Waals surface area contributed by atoms with Crippen LogP contribution in [0.1, 0.15) is 37.8 Å². The molecular weight excluding hydrogens is 264 g/mol. The van der Waals surface area contributed by atoms with Gasteiger partial charge in [-0.1, -0.05) is 32.0 Å². The minimum atomic E-state index is -0.0620. The first-order valence-corrected chi connectivity index (χ1v) is 7.77. The summed E-state index contributed by atoms with van der Waals surface area (Å²) in [6.07, 6.45) is 2.53. The van der Waals surface area contributed by atoms with Crippen LogP contribution in [-0.2, 0) is 11.3 Å². The van der Waals surface area contributed by atoms with Crippen LogP contribution in [0.5, 0.6) is 5.75 Å². The second kappa shape index (κ2) is 7.46. The van der Waals surface area contributed by atoms with Crippen molar-refractivity contribution in [3.63, 3.8) is 0 Å². The molecule has 0 bridgehead atoms. The van der Waals surface area contributed by atoms with E-state index < -0.39 is 0 Å². The molecule has 1 aromatic carbocycles. The largest absolute Gasteiger partial charge is 0.483 e. The van der Waals surface area contributed by atoms with E-state index in [9.17, 15) is 4.79 Å². The summed E-state index contributed by atoms with van der Waals surface area (Å²) >= 11 is 0. The molecule has 0 spiro atoms. The Morgan fingerprint density at radius 3 is 2.81 bits per heavy atom. The van der Waals surface area contributed by atoms with Gasteiger partial charge in [-0.2, -0.15) is 0 Å². The maximum Gasteiger partial charge on any atom is 0.257 e. The highest BCUT2D eigenvalue weighted by Gasteiger charge is 2.21. The number of hydrogen-bond donors (Lipinski definition) is 2. The van der Waals surface area contributed by atoms with Crippen LogP contribution in [-0.4, -0.2) is 25.1 Å². The molecule has 1 fully saturated rings. The van der Waals surface area contributed by atoms with E-state index in [1.54, 1.807) is 0 Å². The molecule has 21 heavy (non-hydrogen) atoms. The summed E-state index contributed by atoms with van der Waals surface area (Å²) in [6, 6.07) is 6.77. The monoisotopic (exact) mass is 290 g/mol. The number of nitrogens with one attached hydrogen (secondary N) is 2. The molecule has 1 aliphatic rings. The summed E-state index contributed by atoms with van der Waals surface area (Å²) in [7, 11) is 0. The number of benzene rings is 1. The van der Waals surface area contributed by atoms with Crippen molar-refractivity contribution in [2.24, 2.45) is 5.92 Å². The van der Waals surface area contributed by atoms with Crippen LogP contribution in [0.25, 0.3) is 0 Å². The molecule has 1 aliphatic carbocycles. The molecule has 2 N–H and O–H groups in total. The molecule has 1 saturated carbocycles. The van der Waals surface area contributed by atoms with Gasteiger partial charge in [-0.05, 0) is 31.2 Å². The van der Waals surface area contributed by atoms with Crippen molar-refractivity contribution < 1.29 is 9.53 Å². The molecule has 0 aromatic heterocycles. The average Bonchev–Trinajstić information content (AvgIpc) is 3.26. The lowest BCUT2D eigenvalue weighted by molar-refractivity contribution is -0.123. The van der Waals surface area contributed by atoms with E-state index in [4.69, 9.17) is 4.74 Å². The van der Waals surface area contributed by atoms with E-state index in [0.29, 0.717) is 18.5 Å². The third-order valence-electron chi connectivity index (χ3n) is 3.51. The van der Waals surface area contributed by atoms with Crippen LogP contribution >= 0.6 is 0 Å². The number of carbonyl (C=O) groups excluding carboxylic acids is 1. The lowest BCUT2D eigenvalue weighted by Crippen LogP contribution is -2.32. The van der Waals surface area contributed by atoms with Gasteiger partial charge in [0.15, 0.2) is 6.61 Å². The van der Waals surface area contributed by atoms with Crippen LogP contribution < -0.4 is 15.4 Å². The normalized spacial score (nSPS) is 14.3. The van der Waals surface area contributed by atoms with Crippen molar-refractivity contribution in [2.75, 3.05) is 13.2 Å². The van der Waals surface area contributed by atoms with E-state index in [1.807, 2.05) is 19.1 Å². The Bertz CT molecular complexity index is 482. The molecule has 4 nitrogen and oxygen atoms in total. The van der Waals surface area contributed by atoms with Gasteiger partial charge >= 0.3 is 0 Å². The van der Waals surface area contributed by atoms with Crippen LogP contribution in [0.2, 0.25) is 0 Å². The number of carbonyl (C=O) groups is 1. The lowest BCUT2D eigenvalue weighted by atomic mass is 10.1. The SMILES string of the molecule is Cc1cccc(CNC2CC2)c1OCC(=O)NCC(C)C. The predicted molar refractivity (Wildman–Crippen MR) is 84.4 cm³/mol. The smallest absolute Gasteiger partial charge is 0.257 e. The number of rotatable bonds is 8. The first-order chi connectivity index (χ1) is 10.1. The quantitative estimate of drug-likeness (QED) is 0.773. The second-order valence-corrected chi connectivity index (χ2v) is 6.20. The summed E-state index contributed by atoms with van der Waals surface area (Å²) in [5.41, 5.74) is 2.19. The van der Waals surface area contributed by atoms with Crippen LogP contribution in [0, 0.1) is 12.8 Å². The maximum atomic E-state index is 11.8. The van der Waals surface area contributed by atoms with Gasteiger partial charge in [-0.25, -0.2) is 0 Å². The van der Waals surface area contributed by atoms with Gasteiger partial charge in [0, 0.05) is 24.7 Å². The zero-order valence-corrected chi connectivity index (χ0v) is 13.2. The first-order valence-electron chi connectivity index (χ1n) is 7.77. The van der Waals surface area contributed by atoms with Crippen LogP contribution in [0.3, 0.4) is 0 Å². The molecule has 0 saturated heterocycles. The van der Waals surface area contributed by atoms with E-state index in [2.05, 4.69) is 30.5 Å². The van der Waals surface area contributed by atoms with E-state index in [-0.39, 0.29) is 12.5 Å². The molecule has 0 radical (unpaired) electrons. The Morgan fingerprint density at radius 2 is 2.14 bits per heavy atom. The first kappa shape index (κ1) is 15.8. The Hall–Kier alpha value is -1.55. The Morgan fingerprint density at radius 1 is 1.38 bits per heavy atom. The number of hydrogen-bond acceptors (Lipinski definition) is 3. The molecule has 2 rings (SSSR count). The number of para-hydroxylation sites is 1.